The van der Waals surface area contributed by atoms with Gasteiger partial charge in [-0.05, 0) is 86.9 Å². The number of carbonyl (C=O) groups is 1. The molecule has 228 valence electrons. The first-order chi connectivity index (χ1) is 21.9. The van der Waals surface area contributed by atoms with Crippen LogP contribution >= 0.6 is 0 Å². The molecule has 0 spiro atoms. The van der Waals surface area contributed by atoms with Gasteiger partial charge in [0.05, 0.1) is 34.4 Å². The topological polar surface area (TPSA) is 153 Å². The Hall–Kier alpha value is -6.08. The second kappa shape index (κ2) is 11.1. The van der Waals surface area contributed by atoms with Crippen molar-refractivity contribution in [3.05, 3.63) is 113 Å². The Morgan fingerprint density at radius 3 is 1.59 bits per heavy atom. The largest absolute Gasteiger partial charge is 0.486 e. The molecule has 0 aliphatic rings. The van der Waals surface area contributed by atoms with Crippen LogP contribution in [0.4, 0.5) is 0 Å². The fourth-order valence-electron chi connectivity index (χ4n) is 5.60. The monoisotopic (exact) mass is 614 g/mol. The molecular formula is C36H26N2O8. The van der Waals surface area contributed by atoms with Crippen molar-refractivity contribution in [3.8, 4) is 45.5 Å². The summed E-state index contributed by atoms with van der Waals surface area (Å²) in [6.45, 7) is 7.06. The van der Waals surface area contributed by atoms with Crippen molar-refractivity contribution in [2.75, 3.05) is 0 Å². The summed E-state index contributed by atoms with van der Waals surface area (Å²) in [4.78, 5) is 61.4. The number of aliphatic carboxylic acids is 1. The van der Waals surface area contributed by atoms with Crippen LogP contribution in [0.1, 0.15) is 33.3 Å². The minimum atomic E-state index is -1.33. The van der Waals surface area contributed by atoms with Crippen molar-refractivity contribution in [1.82, 2.24) is 4.57 Å². The zero-order valence-electron chi connectivity index (χ0n) is 25.2. The third-order valence-corrected chi connectivity index (χ3v) is 7.60. The molecule has 10 nitrogen and oxygen atoms in total. The van der Waals surface area contributed by atoms with E-state index < -0.39 is 33.3 Å². The SMILES string of the molecule is CC(C)Oc1c(-c2ccc3c(c2)c2cc(-c4c(OC(C)C)c(=O)c4=O)ccc2n3-c2ccc(/C=C(/C#N)C(=O)O)cc2)c(=O)c1=O. The van der Waals surface area contributed by atoms with Crippen LogP contribution < -0.4 is 31.2 Å². The lowest BCUT2D eigenvalue weighted by atomic mass is 9.96. The number of fused-ring (bicyclic) bond motifs is 3. The minimum Gasteiger partial charge on any atom is -0.486 e. The van der Waals surface area contributed by atoms with E-state index in [9.17, 15) is 29.1 Å². The Morgan fingerprint density at radius 2 is 1.20 bits per heavy atom. The van der Waals surface area contributed by atoms with E-state index in [-0.39, 0.29) is 34.8 Å². The third-order valence-electron chi connectivity index (χ3n) is 7.60. The molecule has 0 amide bonds. The zero-order valence-corrected chi connectivity index (χ0v) is 25.2. The number of ether oxygens (including phenoxy) is 2. The van der Waals surface area contributed by atoms with Crippen LogP contribution in [0.25, 0.3) is 55.8 Å². The van der Waals surface area contributed by atoms with Crippen molar-refractivity contribution in [1.29, 1.82) is 5.26 Å². The molecule has 5 aromatic carbocycles. The molecule has 0 unspecified atom stereocenters. The summed E-state index contributed by atoms with van der Waals surface area (Å²) in [7, 11) is 0. The van der Waals surface area contributed by atoms with E-state index in [0.717, 1.165) is 11.0 Å². The van der Waals surface area contributed by atoms with Gasteiger partial charge in [0, 0.05) is 16.5 Å². The number of nitriles is 1. The molecule has 0 saturated carbocycles. The molecule has 46 heavy (non-hydrogen) atoms. The van der Waals surface area contributed by atoms with Crippen molar-refractivity contribution >= 4 is 33.9 Å². The highest BCUT2D eigenvalue weighted by Crippen LogP contribution is 2.39. The normalized spacial score (nSPS) is 12.1. The van der Waals surface area contributed by atoms with Gasteiger partial charge in [0.1, 0.15) is 11.6 Å². The molecule has 0 radical (unpaired) electrons. The third kappa shape index (κ3) is 4.79. The first-order valence-electron chi connectivity index (χ1n) is 14.5. The maximum atomic E-state index is 12.7. The summed E-state index contributed by atoms with van der Waals surface area (Å²) < 4.78 is 13.3. The summed E-state index contributed by atoms with van der Waals surface area (Å²) in [5.74, 6) is -1.29. The van der Waals surface area contributed by atoms with E-state index in [2.05, 4.69) is 0 Å². The Morgan fingerprint density at radius 1 is 0.739 bits per heavy atom. The van der Waals surface area contributed by atoms with E-state index in [4.69, 9.17) is 14.7 Å². The lowest BCUT2D eigenvalue weighted by Crippen LogP contribution is -2.35. The van der Waals surface area contributed by atoms with Crippen LogP contribution in [0, 0.1) is 11.3 Å². The molecule has 0 bridgehead atoms. The average Bonchev–Trinajstić information content (AvgIpc) is 3.35. The molecule has 1 aromatic heterocycles. The van der Waals surface area contributed by atoms with Crippen LogP contribution in [0.3, 0.4) is 0 Å². The number of hydrogen-bond donors (Lipinski definition) is 1. The number of benzene rings is 3. The van der Waals surface area contributed by atoms with Gasteiger partial charge in [-0.25, -0.2) is 4.79 Å². The standard InChI is InChI=1S/C36H26N2O8/c1-17(2)45-34-28(30(39)32(34)41)20-7-11-26-24(14-20)25-15-21(29-31(40)33(42)35(29)46-18(3)4)8-12-27(25)38(26)23-9-5-19(6-10-23)13-22(16-37)36(43)44/h5-15,17-18H,1-4H3,(H,43,44)/b22-13-. The van der Waals surface area contributed by atoms with E-state index in [1.54, 1.807) is 82.3 Å². The quantitative estimate of drug-likeness (QED) is 0.136. The average molecular weight is 615 g/mol. The molecule has 0 aliphatic carbocycles. The molecule has 10 heteroatoms. The number of carboxylic acids is 1. The number of aromatic nitrogens is 1. The molecular weight excluding hydrogens is 588 g/mol. The maximum absolute atomic E-state index is 12.7. The summed E-state index contributed by atoms with van der Waals surface area (Å²) >= 11 is 0. The summed E-state index contributed by atoms with van der Waals surface area (Å²) in [5.41, 5.74) is 1.03. The highest BCUT2D eigenvalue weighted by Gasteiger charge is 2.27. The van der Waals surface area contributed by atoms with Gasteiger partial charge in [0.2, 0.25) is 10.9 Å². The fourth-order valence-corrected chi connectivity index (χ4v) is 5.60. The number of hydrogen-bond acceptors (Lipinski definition) is 8. The van der Waals surface area contributed by atoms with Crippen molar-refractivity contribution < 1.29 is 19.4 Å². The van der Waals surface area contributed by atoms with Gasteiger partial charge >= 0.3 is 5.97 Å². The Kier molecular flexibility index (Phi) is 7.25. The van der Waals surface area contributed by atoms with Crippen LogP contribution in [0.5, 0.6) is 11.5 Å². The maximum Gasteiger partial charge on any atom is 0.346 e. The van der Waals surface area contributed by atoms with Crippen LogP contribution in [0.2, 0.25) is 0 Å². The lowest BCUT2D eigenvalue weighted by molar-refractivity contribution is -0.132. The van der Waals surface area contributed by atoms with E-state index in [0.29, 0.717) is 33.2 Å². The van der Waals surface area contributed by atoms with Gasteiger partial charge in [-0.3, -0.25) is 19.2 Å². The predicted molar refractivity (Wildman–Crippen MR) is 174 cm³/mol. The van der Waals surface area contributed by atoms with Crippen LogP contribution in [-0.2, 0) is 4.79 Å². The molecule has 6 aromatic rings. The summed E-state index contributed by atoms with van der Waals surface area (Å²) in [6, 6.07) is 19.3. The Balaban J connectivity index is 1.58. The van der Waals surface area contributed by atoms with Gasteiger partial charge in [-0.2, -0.15) is 5.26 Å². The second-order valence-electron chi connectivity index (χ2n) is 11.4. The van der Waals surface area contributed by atoms with Crippen molar-refractivity contribution in [2.45, 2.75) is 39.9 Å². The van der Waals surface area contributed by atoms with Gasteiger partial charge in [0.15, 0.2) is 11.5 Å². The summed E-state index contributed by atoms with van der Waals surface area (Å²) in [5, 5.41) is 19.8. The molecule has 0 atom stereocenters. The highest BCUT2D eigenvalue weighted by atomic mass is 16.5. The van der Waals surface area contributed by atoms with Gasteiger partial charge in [-0.1, -0.05) is 24.3 Å². The Labute approximate surface area is 261 Å². The van der Waals surface area contributed by atoms with Crippen molar-refractivity contribution in [3.63, 3.8) is 0 Å². The molecule has 6 rings (SSSR count). The molecule has 0 aliphatic heterocycles. The van der Waals surface area contributed by atoms with Crippen molar-refractivity contribution in [2.24, 2.45) is 0 Å². The predicted octanol–water partition coefficient (Wildman–Crippen LogP) is 4.88. The van der Waals surface area contributed by atoms with E-state index in [1.165, 1.54) is 6.08 Å². The van der Waals surface area contributed by atoms with Gasteiger partial charge in [-0.15, -0.1) is 0 Å². The fraction of sp³-hybridized carbons (Fsp3) is 0.167. The van der Waals surface area contributed by atoms with Crippen LogP contribution in [-0.4, -0.2) is 27.9 Å². The van der Waals surface area contributed by atoms with E-state index in [1.807, 2.05) is 16.7 Å². The molecule has 1 N–H and O–H groups in total. The molecule has 1 heterocycles. The van der Waals surface area contributed by atoms with Gasteiger partial charge in [0.25, 0.3) is 10.9 Å². The zero-order chi connectivity index (χ0) is 33.0. The van der Waals surface area contributed by atoms with Crippen LogP contribution in [0.15, 0.2) is 85.4 Å². The summed E-state index contributed by atoms with van der Waals surface area (Å²) in [6.07, 6.45) is 0.650. The first-order valence-corrected chi connectivity index (χ1v) is 14.5. The number of rotatable bonds is 9. The Bertz CT molecular complexity index is 2310. The smallest absolute Gasteiger partial charge is 0.346 e. The minimum absolute atomic E-state index is 0.0183. The van der Waals surface area contributed by atoms with Gasteiger partial charge < -0.3 is 19.1 Å². The lowest BCUT2D eigenvalue weighted by Gasteiger charge is -2.15. The highest BCUT2D eigenvalue weighted by molar-refractivity contribution is 6.12. The molecule has 0 fully saturated rings. The molecule has 0 saturated heterocycles. The number of carboxylic acid groups (broad SMARTS) is 1. The second-order valence-corrected chi connectivity index (χ2v) is 11.4. The van der Waals surface area contributed by atoms with E-state index >= 15 is 0 Å². The first kappa shape index (κ1) is 30.0. The number of nitrogens with zero attached hydrogens (tertiary/aromatic N) is 2.